The molecule has 0 spiro atoms. The van der Waals surface area contributed by atoms with Gasteiger partial charge in [0, 0.05) is 36.8 Å². The van der Waals surface area contributed by atoms with Crippen LogP contribution in [-0.4, -0.2) is 35.0 Å². The van der Waals surface area contributed by atoms with Crippen LogP contribution >= 0.6 is 0 Å². The van der Waals surface area contributed by atoms with Crippen LogP contribution in [0.15, 0.2) is 12.1 Å². The molecule has 0 atom stereocenters. The lowest BCUT2D eigenvalue weighted by Crippen LogP contribution is -2.24. The van der Waals surface area contributed by atoms with Crippen molar-refractivity contribution in [3.8, 4) is 0 Å². The van der Waals surface area contributed by atoms with E-state index in [1.165, 1.54) is 13.0 Å². The van der Waals surface area contributed by atoms with E-state index in [9.17, 15) is 19.7 Å². The van der Waals surface area contributed by atoms with Crippen molar-refractivity contribution in [1.29, 1.82) is 0 Å². The SMILES string of the molecule is CCNC(=O)CCNc1cc(C(=O)O)cc([N+](=O)[O-])c1C. The highest BCUT2D eigenvalue weighted by Gasteiger charge is 2.18. The predicted molar refractivity (Wildman–Crippen MR) is 76.6 cm³/mol. The molecule has 0 unspecified atom stereocenters. The molecule has 0 bridgehead atoms. The molecule has 1 amide bonds. The smallest absolute Gasteiger partial charge is 0.336 e. The van der Waals surface area contributed by atoms with Gasteiger partial charge in [-0.05, 0) is 19.9 Å². The van der Waals surface area contributed by atoms with Crippen LogP contribution in [0.5, 0.6) is 0 Å². The molecule has 0 heterocycles. The number of nitrogens with one attached hydrogen (secondary N) is 2. The molecule has 0 aromatic heterocycles. The number of carbonyl (C=O) groups excluding carboxylic acids is 1. The summed E-state index contributed by atoms with van der Waals surface area (Å²) in [6.45, 7) is 4.11. The third-order valence-corrected chi connectivity index (χ3v) is 2.87. The Morgan fingerprint density at radius 1 is 1.38 bits per heavy atom. The van der Waals surface area contributed by atoms with Crippen LogP contribution in [0.2, 0.25) is 0 Å². The number of aromatic carboxylic acids is 1. The molecule has 8 nitrogen and oxygen atoms in total. The Bertz CT molecular complexity index is 571. The van der Waals surface area contributed by atoms with Crippen molar-refractivity contribution in [3.05, 3.63) is 33.4 Å². The highest BCUT2D eigenvalue weighted by molar-refractivity contribution is 5.90. The van der Waals surface area contributed by atoms with E-state index in [0.29, 0.717) is 17.8 Å². The van der Waals surface area contributed by atoms with Gasteiger partial charge >= 0.3 is 5.97 Å². The van der Waals surface area contributed by atoms with Crippen LogP contribution in [0.1, 0.15) is 29.3 Å². The first-order chi connectivity index (χ1) is 9.86. The minimum absolute atomic E-state index is 0.147. The number of nitro groups is 1. The van der Waals surface area contributed by atoms with Crippen molar-refractivity contribution >= 4 is 23.3 Å². The number of carboxylic acids is 1. The van der Waals surface area contributed by atoms with E-state index < -0.39 is 10.9 Å². The third-order valence-electron chi connectivity index (χ3n) is 2.87. The molecule has 1 rings (SSSR count). The van der Waals surface area contributed by atoms with E-state index in [0.717, 1.165) is 6.07 Å². The van der Waals surface area contributed by atoms with Crippen molar-refractivity contribution in [3.63, 3.8) is 0 Å². The van der Waals surface area contributed by atoms with Crippen LogP contribution in [0.3, 0.4) is 0 Å². The molecule has 0 aliphatic carbocycles. The number of nitro benzene ring substituents is 1. The van der Waals surface area contributed by atoms with Gasteiger partial charge in [-0.2, -0.15) is 0 Å². The maximum Gasteiger partial charge on any atom is 0.336 e. The van der Waals surface area contributed by atoms with E-state index in [1.54, 1.807) is 6.92 Å². The summed E-state index contributed by atoms with van der Waals surface area (Å²) in [7, 11) is 0. The van der Waals surface area contributed by atoms with Crippen molar-refractivity contribution in [2.75, 3.05) is 18.4 Å². The standard InChI is InChI=1S/C13H17N3O5/c1-3-14-12(17)4-5-15-10-6-9(13(18)19)7-11(8(10)2)16(20)21/h6-7,15H,3-5H2,1-2H3,(H,14,17)(H,18,19). The number of carbonyl (C=O) groups is 2. The lowest BCUT2D eigenvalue weighted by molar-refractivity contribution is -0.385. The average molecular weight is 295 g/mol. The molecule has 21 heavy (non-hydrogen) atoms. The molecule has 0 saturated carbocycles. The van der Waals surface area contributed by atoms with Gasteiger partial charge in [0.15, 0.2) is 0 Å². The molecule has 0 aliphatic heterocycles. The van der Waals surface area contributed by atoms with Gasteiger partial charge in [-0.3, -0.25) is 14.9 Å². The van der Waals surface area contributed by atoms with Crippen LogP contribution in [-0.2, 0) is 4.79 Å². The normalized spacial score (nSPS) is 10.0. The van der Waals surface area contributed by atoms with Crippen LogP contribution in [0.4, 0.5) is 11.4 Å². The van der Waals surface area contributed by atoms with Gasteiger partial charge in [0.2, 0.25) is 5.91 Å². The molecule has 0 saturated heterocycles. The number of anilines is 1. The second-order valence-corrected chi connectivity index (χ2v) is 4.36. The van der Waals surface area contributed by atoms with Crippen molar-refractivity contribution < 1.29 is 19.6 Å². The first-order valence-corrected chi connectivity index (χ1v) is 6.39. The molecule has 1 aromatic carbocycles. The van der Waals surface area contributed by atoms with Gasteiger partial charge in [0.1, 0.15) is 0 Å². The summed E-state index contributed by atoms with van der Waals surface area (Å²) in [5.41, 5.74) is 0.231. The van der Waals surface area contributed by atoms with Gasteiger partial charge < -0.3 is 15.7 Å². The zero-order valence-electron chi connectivity index (χ0n) is 11.8. The summed E-state index contributed by atoms with van der Waals surface area (Å²) in [5.74, 6) is -1.39. The third kappa shape index (κ3) is 4.44. The second kappa shape index (κ2) is 7.22. The molecule has 114 valence electrons. The number of nitrogens with zero attached hydrogens (tertiary/aromatic N) is 1. The molecular formula is C13H17N3O5. The number of hydrogen-bond donors (Lipinski definition) is 3. The molecule has 3 N–H and O–H groups in total. The summed E-state index contributed by atoms with van der Waals surface area (Å²) in [6.07, 6.45) is 0.193. The summed E-state index contributed by atoms with van der Waals surface area (Å²) < 4.78 is 0. The molecule has 1 aromatic rings. The lowest BCUT2D eigenvalue weighted by Gasteiger charge is -2.11. The Kier molecular flexibility index (Phi) is 5.65. The zero-order chi connectivity index (χ0) is 16.0. The van der Waals surface area contributed by atoms with Crippen LogP contribution in [0, 0.1) is 17.0 Å². The topological polar surface area (TPSA) is 122 Å². The number of carboxylic acid groups (broad SMARTS) is 1. The lowest BCUT2D eigenvalue weighted by atomic mass is 10.1. The van der Waals surface area contributed by atoms with Gasteiger partial charge in [-0.1, -0.05) is 0 Å². The Balaban J connectivity index is 2.92. The number of hydrogen-bond acceptors (Lipinski definition) is 5. The Morgan fingerprint density at radius 3 is 2.57 bits per heavy atom. The summed E-state index contributed by atoms with van der Waals surface area (Å²) in [5, 5.41) is 25.4. The summed E-state index contributed by atoms with van der Waals surface area (Å²) in [6, 6.07) is 2.34. The highest BCUT2D eigenvalue weighted by atomic mass is 16.6. The fourth-order valence-electron chi connectivity index (χ4n) is 1.79. The van der Waals surface area contributed by atoms with Gasteiger partial charge in [0.05, 0.1) is 10.5 Å². The monoisotopic (exact) mass is 295 g/mol. The number of benzene rings is 1. The Hall–Kier alpha value is -2.64. The van der Waals surface area contributed by atoms with Crippen molar-refractivity contribution in [2.45, 2.75) is 20.3 Å². The maximum absolute atomic E-state index is 11.3. The fourth-order valence-corrected chi connectivity index (χ4v) is 1.79. The summed E-state index contributed by atoms with van der Waals surface area (Å²) >= 11 is 0. The van der Waals surface area contributed by atoms with Crippen LogP contribution < -0.4 is 10.6 Å². The van der Waals surface area contributed by atoms with Crippen molar-refractivity contribution in [1.82, 2.24) is 5.32 Å². The van der Waals surface area contributed by atoms with Gasteiger partial charge in [-0.15, -0.1) is 0 Å². The Morgan fingerprint density at radius 2 is 2.05 bits per heavy atom. The molecule has 8 heteroatoms. The molecular weight excluding hydrogens is 278 g/mol. The van der Waals surface area contributed by atoms with E-state index in [-0.39, 0.29) is 30.1 Å². The number of rotatable bonds is 7. The summed E-state index contributed by atoms with van der Waals surface area (Å²) in [4.78, 5) is 32.6. The van der Waals surface area contributed by atoms with E-state index in [1.807, 2.05) is 0 Å². The van der Waals surface area contributed by atoms with Crippen LogP contribution in [0.25, 0.3) is 0 Å². The van der Waals surface area contributed by atoms with E-state index >= 15 is 0 Å². The molecule has 0 radical (unpaired) electrons. The first kappa shape index (κ1) is 16.4. The predicted octanol–water partition coefficient (Wildman–Crippen LogP) is 1.54. The zero-order valence-corrected chi connectivity index (χ0v) is 11.8. The largest absolute Gasteiger partial charge is 0.478 e. The Labute approximate surface area is 121 Å². The number of amides is 1. The van der Waals surface area contributed by atoms with Crippen molar-refractivity contribution in [2.24, 2.45) is 0 Å². The van der Waals surface area contributed by atoms with Gasteiger partial charge in [-0.25, -0.2) is 4.79 Å². The van der Waals surface area contributed by atoms with E-state index in [2.05, 4.69) is 10.6 Å². The fraction of sp³-hybridized carbons (Fsp3) is 0.385. The highest BCUT2D eigenvalue weighted by Crippen LogP contribution is 2.27. The first-order valence-electron chi connectivity index (χ1n) is 6.39. The average Bonchev–Trinajstić information content (AvgIpc) is 2.40. The van der Waals surface area contributed by atoms with Gasteiger partial charge in [0.25, 0.3) is 5.69 Å². The van der Waals surface area contributed by atoms with E-state index in [4.69, 9.17) is 5.11 Å². The molecule has 0 fully saturated rings. The maximum atomic E-state index is 11.3. The minimum Gasteiger partial charge on any atom is -0.478 e. The second-order valence-electron chi connectivity index (χ2n) is 4.36. The molecule has 0 aliphatic rings. The minimum atomic E-state index is -1.25. The quantitative estimate of drug-likeness (QED) is 0.518.